The Morgan fingerprint density at radius 3 is 2.29 bits per heavy atom. The quantitative estimate of drug-likeness (QED) is 0.297. The van der Waals surface area contributed by atoms with E-state index < -0.39 is 27.9 Å². The third-order valence-electron chi connectivity index (χ3n) is 5.14. The number of nitrogens with zero attached hydrogens (tertiary/aromatic N) is 4. The van der Waals surface area contributed by atoms with Gasteiger partial charge in [0, 0.05) is 45.9 Å². The topological polar surface area (TPSA) is 108 Å². The first-order valence-electron chi connectivity index (χ1n) is 9.99. The van der Waals surface area contributed by atoms with Gasteiger partial charge in [-0.15, -0.1) is 0 Å². The van der Waals surface area contributed by atoms with Gasteiger partial charge in [0.25, 0.3) is 0 Å². The predicted molar refractivity (Wildman–Crippen MR) is 112 cm³/mol. The highest BCUT2D eigenvalue weighted by atomic mass is 35.5. The van der Waals surface area contributed by atoms with Crippen molar-refractivity contribution in [3.05, 3.63) is 29.3 Å². The van der Waals surface area contributed by atoms with Crippen molar-refractivity contribution in [3.63, 3.8) is 0 Å². The number of amides is 4. The van der Waals surface area contributed by atoms with Crippen LogP contribution in [0.4, 0.5) is 4.79 Å². The molecule has 4 amide bonds. The van der Waals surface area contributed by atoms with Crippen LogP contribution < -0.4 is 0 Å². The van der Waals surface area contributed by atoms with Gasteiger partial charge in [-0.3, -0.25) is 19.4 Å². The van der Waals surface area contributed by atoms with Crippen molar-refractivity contribution in [1.29, 1.82) is 0 Å². The summed E-state index contributed by atoms with van der Waals surface area (Å²) >= 11 is 6.04. The fourth-order valence-electron chi connectivity index (χ4n) is 3.45. The largest absolute Gasteiger partial charge is 0.382 e. The predicted octanol–water partition coefficient (Wildman–Crippen LogP) is 0.821. The highest BCUT2D eigenvalue weighted by Crippen LogP contribution is 2.25. The zero-order chi connectivity index (χ0) is 22.6. The molecule has 1 aromatic carbocycles. The molecule has 2 saturated heterocycles. The maximum absolute atomic E-state index is 12.8. The van der Waals surface area contributed by atoms with Crippen molar-refractivity contribution in [2.45, 2.75) is 18.2 Å². The molecule has 0 aromatic heterocycles. The standard InChI is InChI=1S/C19H25ClN4O6S/c1-2-30-13-5-8-23-17(25)18(26)24(19(23)27)14-21-9-11-22(12-10-21)31(28,29)16-7-4-3-6-15(16)20/h3-4,6-7H,2,5,8-14H2,1H3. The molecule has 3 rings (SSSR count). The molecule has 12 heteroatoms. The van der Waals surface area contributed by atoms with E-state index in [9.17, 15) is 22.8 Å². The van der Waals surface area contributed by atoms with Crippen LogP contribution in [0.5, 0.6) is 0 Å². The lowest BCUT2D eigenvalue weighted by Crippen LogP contribution is -2.52. The van der Waals surface area contributed by atoms with Gasteiger partial charge in [0.15, 0.2) is 0 Å². The molecule has 0 atom stereocenters. The molecule has 2 aliphatic heterocycles. The molecule has 1 aromatic rings. The summed E-state index contributed by atoms with van der Waals surface area (Å²) in [6.07, 6.45) is 0.449. The number of sulfonamides is 1. The van der Waals surface area contributed by atoms with E-state index >= 15 is 0 Å². The van der Waals surface area contributed by atoms with Crippen LogP contribution in [0, 0.1) is 0 Å². The van der Waals surface area contributed by atoms with Gasteiger partial charge in [0.2, 0.25) is 10.0 Å². The van der Waals surface area contributed by atoms with Gasteiger partial charge in [0.1, 0.15) is 4.90 Å². The van der Waals surface area contributed by atoms with Crippen molar-refractivity contribution in [2.75, 3.05) is 52.6 Å². The van der Waals surface area contributed by atoms with E-state index in [-0.39, 0.29) is 36.2 Å². The Bertz CT molecular complexity index is 948. The summed E-state index contributed by atoms with van der Waals surface area (Å²) in [6, 6.07) is 5.59. The van der Waals surface area contributed by atoms with E-state index in [4.69, 9.17) is 16.3 Å². The lowest BCUT2D eigenvalue weighted by molar-refractivity contribution is -0.144. The molecule has 2 fully saturated rings. The number of imide groups is 2. The Labute approximate surface area is 186 Å². The molecule has 2 aliphatic rings. The molecule has 0 unspecified atom stereocenters. The molecule has 2 heterocycles. The lowest BCUT2D eigenvalue weighted by Gasteiger charge is -2.35. The fourth-order valence-corrected chi connectivity index (χ4v) is 5.36. The van der Waals surface area contributed by atoms with E-state index in [1.165, 1.54) is 16.4 Å². The first-order valence-corrected chi connectivity index (χ1v) is 11.8. The van der Waals surface area contributed by atoms with Gasteiger partial charge in [-0.05, 0) is 25.5 Å². The van der Waals surface area contributed by atoms with E-state index in [1.807, 2.05) is 6.92 Å². The first-order chi connectivity index (χ1) is 14.8. The average molecular weight is 473 g/mol. The number of ether oxygens (including phenoxy) is 1. The second-order valence-electron chi connectivity index (χ2n) is 7.12. The Hall–Kier alpha value is -2.05. The van der Waals surface area contributed by atoms with E-state index in [2.05, 4.69) is 0 Å². The molecule has 0 saturated carbocycles. The molecular formula is C19H25ClN4O6S. The van der Waals surface area contributed by atoms with Crippen molar-refractivity contribution in [1.82, 2.24) is 19.0 Å². The number of urea groups is 1. The smallest absolute Gasteiger partial charge is 0.335 e. The van der Waals surface area contributed by atoms with Crippen LogP contribution in [0.3, 0.4) is 0 Å². The number of hydrogen-bond acceptors (Lipinski definition) is 7. The summed E-state index contributed by atoms with van der Waals surface area (Å²) in [5.41, 5.74) is 0. The molecule has 0 radical (unpaired) electrons. The molecule has 0 bridgehead atoms. The minimum atomic E-state index is -3.74. The van der Waals surface area contributed by atoms with Crippen molar-refractivity contribution < 1.29 is 27.5 Å². The summed E-state index contributed by atoms with van der Waals surface area (Å²) < 4.78 is 32.2. The number of hydrogen-bond donors (Lipinski definition) is 0. The van der Waals surface area contributed by atoms with Crippen LogP contribution in [0.1, 0.15) is 13.3 Å². The third-order valence-corrected chi connectivity index (χ3v) is 7.54. The van der Waals surface area contributed by atoms with Gasteiger partial charge in [-0.2, -0.15) is 4.31 Å². The van der Waals surface area contributed by atoms with Crippen molar-refractivity contribution >= 4 is 39.5 Å². The fraction of sp³-hybridized carbons (Fsp3) is 0.526. The zero-order valence-corrected chi connectivity index (χ0v) is 18.8. The Morgan fingerprint density at radius 2 is 1.65 bits per heavy atom. The van der Waals surface area contributed by atoms with Gasteiger partial charge in [-0.25, -0.2) is 18.1 Å². The summed E-state index contributed by atoms with van der Waals surface area (Å²) in [5, 5.41) is 0.154. The van der Waals surface area contributed by atoms with Gasteiger partial charge < -0.3 is 4.74 Å². The monoisotopic (exact) mass is 472 g/mol. The number of carbonyl (C=O) groups excluding carboxylic acids is 3. The lowest BCUT2D eigenvalue weighted by atomic mass is 10.4. The second-order valence-corrected chi connectivity index (χ2v) is 9.43. The number of halogens is 1. The normalized spacial score (nSPS) is 19.0. The molecule has 170 valence electrons. The Kier molecular flexibility index (Phi) is 7.65. The maximum atomic E-state index is 12.8. The van der Waals surface area contributed by atoms with Crippen LogP contribution in [-0.2, 0) is 24.3 Å². The Morgan fingerprint density at radius 1 is 1.00 bits per heavy atom. The minimum absolute atomic E-state index is 0.0447. The maximum Gasteiger partial charge on any atom is 0.335 e. The number of carbonyl (C=O) groups is 3. The van der Waals surface area contributed by atoms with E-state index in [0.29, 0.717) is 32.7 Å². The molecule has 31 heavy (non-hydrogen) atoms. The SMILES string of the molecule is CCOCCCN1C(=O)C(=O)N(CN2CCN(S(=O)(=O)c3ccccc3Cl)CC2)C1=O. The number of rotatable bonds is 9. The van der Waals surface area contributed by atoms with E-state index in [1.54, 1.807) is 17.0 Å². The number of piperazine rings is 1. The van der Waals surface area contributed by atoms with Crippen molar-refractivity contribution in [2.24, 2.45) is 0 Å². The van der Waals surface area contributed by atoms with Gasteiger partial charge in [0.05, 0.1) is 11.7 Å². The zero-order valence-electron chi connectivity index (χ0n) is 17.2. The van der Waals surface area contributed by atoms with E-state index in [0.717, 1.165) is 9.80 Å². The average Bonchev–Trinajstić information content (AvgIpc) is 2.95. The summed E-state index contributed by atoms with van der Waals surface area (Å²) in [6.45, 7) is 3.78. The second kappa shape index (κ2) is 10.0. The number of benzene rings is 1. The summed E-state index contributed by atoms with van der Waals surface area (Å²) in [7, 11) is -3.74. The first kappa shape index (κ1) is 23.6. The summed E-state index contributed by atoms with van der Waals surface area (Å²) in [4.78, 5) is 40.6. The minimum Gasteiger partial charge on any atom is -0.382 e. The van der Waals surface area contributed by atoms with Crippen LogP contribution in [0.2, 0.25) is 5.02 Å². The Balaban J connectivity index is 1.57. The molecule has 0 N–H and O–H groups in total. The van der Waals surface area contributed by atoms with Crippen LogP contribution in [0.15, 0.2) is 29.2 Å². The van der Waals surface area contributed by atoms with Crippen LogP contribution >= 0.6 is 11.6 Å². The molecule has 10 nitrogen and oxygen atoms in total. The van der Waals surface area contributed by atoms with Gasteiger partial charge >= 0.3 is 17.8 Å². The van der Waals surface area contributed by atoms with Crippen LogP contribution in [0.25, 0.3) is 0 Å². The molecular weight excluding hydrogens is 448 g/mol. The highest BCUT2D eigenvalue weighted by Gasteiger charge is 2.45. The third kappa shape index (κ3) is 5.07. The summed E-state index contributed by atoms with van der Waals surface area (Å²) in [5.74, 6) is -1.71. The van der Waals surface area contributed by atoms with Crippen molar-refractivity contribution in [3.8, 4) is 0 Å². The molecule has 0 spiro atoms. The highest BCUT2D eigenvalue weighted by molar-refractivity contribution is 7.89. The van der Waals surface area contributed by atoms with Gasteiger partial charge in [-0.1, -0.05) is 23.7 Å². The molecule has 0 aliphatic carbocycles. The van der Waals surface area contributed by atoms with Crippen LogP contribution in [-0.4, -0.2) is 97.9 Å².